The first-order valence-corrected chi connectivity index (χ1v) is 11.8. The summed E-state index contributed by atoms with van der Waals surface area (Å²) in [5.74, 6) is 0.659. The van der Waals surface area contributed by atoms with Gasteiger partial charge in [0, 0.05) is 44.5 Å². The van der Waals surface area contributed by atoms with Gasteiger partial charge in [0.05, 0.1) is 6.61 Å². The van der Waals surface area contributed by atoms with Gasteiger partial charge in [-0.1, -0.05) is 6.42 Å². The molecule has 7 nitrogen and oxygen atoms in total. The lowest BCUT2D eigenvalue weighted by atomic mass is 10.1. The Morgan fingerprint density at radius 3 is 2.32 bits per heavy atom. The molecule has 2 aliphatic rings. The molecule has 0 aliphatic carbocycles. The highest BCUT2D eigenvalue weighted by molar-refractivity contribution is 5.94. The summed E-state index contributed by atoms with van der Waals surface area (Å²) >= 11 is 0. The van der Waals surface area contributed by atoms with E-state index in [1.807, 2.05) is 0 Å². The third-order valence-corrected chi connectivity index (χ3v) is 6.22. The summed E-state index contributed by atoms with van der Waals surface area (Å²) < 4.78 is 44.6. The summed E-state index contributed by atoms with van der Waals surface area (Å²) in [5, 5.41) is 0. The maximum absolute atomic E-state index is 12.9. The summed E-state index contributed by atoms with van der Waals surface area (Å²) in [7, 11) is 0. The van der Waals surface area contributed by atoms with E-state index >= 15 is 0 Å². The Hall–Kier alpha value is -2.88. The summed E-state index contributed by atoms with van der Waals surface area (Å²) in [6.07, 6.45) is 1.46. The maximum Gasteiger partial charge on any atom is 0.433 e. The van der Waals surface area contributed by atoms with Gasteiger partial charge in [-0.15, -0.1) is 0 Å². The van der Waals surface area contributed by atoms with Gasteiger partial charge in [0.1, 0.15) is 11.4 Å². The van der Waals surface area contributed by atoms with E-state index < -0.39 is 11.9 Å². The fourth-order valence-corrected chi connectivity index (χ4v) is 4.31. The number of rotatable bonds is 7. The van der Waals surface area contributed by atoms with Crippen molar-refractivity contribution in [2.45, 2.75) is 31.9 Å². The number of hydrogen-bond donors (Lipinski definition) is 0. The number of halogens is 3. The molecule has 0 N–H and O–H groups in total. The first kappa shape index (κ1) is 24.3. The highest BCUT2D eigenvalue weighted by atomic mass is 19.4. The van der Waals surface area contributed by atoms with Crippen LogP contribution in [0.25, 0.3) is 0 Å². The third kappa shape index (κ3) is 6.37. The van der Waals surface area contributed by atoms with Crippen molar-refractivity contribution >= 4 is 11.9 Å². The molecule has 0 saturated carbocycles. The van der Waals surface area contributed by atoms with Crippen molar-refractivity contribution in [3.63, 3.8) is 0 Å². The Bertz CT molecular complexity index is 940. The molecule has 2 saturated heterocycles. The lowest BCUT2D eigenvalue weighted by Gasteiger charge is -2.34. The average molecular weight is 478 g/mol. The molecule has 10 heteroatoms. The zero-order valence-corrected chi connectivity index (χ0v) is 19.1. The van der Waals surface area contributed by atoms with Crippen LogP contribution in [0.1, 0.15) is 41.7 Å². The molecular weight excluding hydrogens is 447 g/mol. The van der Waals surface area contributed by atoms with E-state index in [0.29, 0.717) is 38.3 Å². The van der Waals surface area contributed by atoms with Crippen LogP contribution in [0.2, 0.25) is 0 Å². The number of anilines is 1. The number of nitrogens with zero attached hydrogens (tertiary/aromatic N) is 5. The Morgan fingerprint density at radius 2 is 1.65 bits per heavy atom. The molecule has 2 aromatic rings. The summed E-state index contributed by atoms with van der Waals surface area (Å²) in [4.78, 5) is 26.3. The fraction of sp³-hybridized carbons (Fsp3) is 0.542. The summed E-state index contributed by atoms with van der Waals surface area (Å²) in [5.41, 5.74) is -0.408. The zero-order valence-electron chi connectivity index (χ0n) is 19.1. The second-order valence-corrected chi connectivity index (χ2v) is 8.65. The van der Waals surface area contributed by atoms with Gasteiger partial charge in [0.15, 0.2) is 0 Å². The molecule has 3 heterocycles. The number of benzene rings is 1. The average Bonchev–Trinajstić information content (AvgIpc) is 2.87. The van der Waals surface area contributed by atoms with Crippen LogP contribution in [0.3, 0.4) is 0 Å². The number of carbonyl (C=O) groups excluding carboxylic acids is 1. The monoisotopic (exact) mass is 477 g/mol. The van der Waals surface area contributed by atoms with Crippen molar-refractivity contribution in [1.82, 2.24) is 19.8 Å². The molecular formula is C24H30F3N5O2. The Morgan fingerprint density at radius 1 is 0.941 bits per heavy atom. The molecule has 0 spiro atoms. The van der Waals surface area contributed by atoms with Crippen LogP contribution in [0.5, 0.6) is 5.75 Å². The van der Waals surface area contributed by atoms with Crippen molar-refractivity contribution in [1.29, 1.82) is 0 Å². The van der Waals surface area contributed by atoms with Crippen LogP contribution in [-0.4, -0.2) is 78.1 Å². The van der Waals surface area contributed by atoms with Gasteiger partial charge < -0.3 is 19.4 Å². The first-order chi connectivity index (χ1) is 16.4. The van der Waals surface area contributed by atoms with Crippen molar-refractivity contribution in [2.24, 2.45) is 0 Å². The lowest BCUT2D eigenvalue weighted by molar-refractivity contribution is -0.141. The van der Waals surface area contributed by atoms with Crippen LogP contribution >= 0.6 is 0 Å². The minimum atomic E-state index is -4.52. The van der Waals surface area contributed by atoms with Crippen molar-refractivity contribution in [2.75, 3.05) is 57.3 Å². The van der Waals surface area contributed by atoms with Crippen molar-refractivity contribution in [3.8, 4) is 5.75 Å². The van der Waals surface area contributed by atoms with Crippen molar-refractivity contribution in [3.05, 3.63) is 47.8 Å². The van der Waals surface area contributed by atoms with Gasteiger partial charge in [0.25, 0.3) is 5.91 Å². The molecule has 184 valence electrons. The number of ether oxygens (including phenoxy) is 1. The normalized spacial score (nSPS) is 17.6. The van der Waals surface area contributed by atoms with E-state index in [-0.39, 0.29) is 11.9 Å². The van der Waals surface area contributed by atoms with E-state index in [9.17, 15) is 18.0 Å². The number of alkyl halides is 3. The van der Waals surface area contributed by atoms with Gasteiger partial charge in [0.2, 0.25) is 5.95 Å². The Balaban J connectivity index is 1.23. The molecule has 0 bridgehead atoms. The van der Waals surface area contributed by atoms with Gasteiger partial charge in [-0.05, 0) is 62.7 Å². The predicted molar refractivity (Wildman–Crippen MR) is 122 cm³/mol. The highest BCUT2D eigenvalue weighted by Gasteiger charge is 2.33. The van der Waals surface area contributed by atoms with Crippen LogP contribution < -0.4 is 9.64 Å². The molecule has 0 radical (unpaired) electrons. The molecule has 4 rings (SSSR count). The Labute approximate surface area is 197 Å². The molecule has 1 amide bonds. The standard InChI is InChI=1S/C24H30F3N5O2/c25-24(26,27)21-9-10-28-23(29-21)32-16-14-31(15-17-32)22(33)19-5-7-20(8-6-19)34-18-4-13-30-11-2-1-3-12-30/h5-10H,1-4,11-18H2. The van der Waals surface area contributed by atoms with Crippen molar-refractivity contribution < 1.29 is 22.7 Å². The zero-order chi connectivity index (χ0) is 24.0. The van der Waals surface area contributed by atoms with Gasteiger partial charge >= 0.3 is 6.18 Å². The first-order valence-electron chi connectivity index (χ1n) is 11.8. The highest BCUT2D eigenvalue weighted by Crippen LogP contribution is 2.28. The second kappa shape index (κ2) is 11.0. The molecule has 0 atom stereocenters. The number of likely N-dealkylation sites (tertiary alicyclic amines) is 1. The third-order valence-electron chi connectivity index (χ3n) is 6.22. The fourth-order valence-electron chi connectivity index (χ4n) is 4.31. The van der Waals surface area contributed by atoms with E-state index in [2.05, 4.69) is 14.9 Å². The smallest absolute Gasteiger partial charge is 0.433 e. The largest absolute Gasteiger partial charge is 0.494 e. The number of carbonyl (C=O) groups is 1. The second-order valence-electron chi connectivity index (χ2n) is 8.65. The minimum Gasteiger partial charge on any atom is -0.494 e. The van der Waals surface area contributed by atoms with Gasteiger partial charge in [-0.25, -0.2) is 9.97 Å². The number of piperidine rings is 1. The minimum absolute atomic E-state index is 0.0312. The van der Waals surface area contributed by atoms with Crippen LogP contribution in [0.15, 0.2) is 36.5 Å². The number of aromatic nitrogens is 2. The number of hydrogen-bond acceptors (Lipinski definition) is 6. The molecule has 2 aliphatic heterocycles. The molecule has 1 aromatic heterocycles. The summed E-state index contributed by atoms with van der Waals surface area (Å²) in [6.45, 7) is 5.55. The lowest BCUT2D eigenvalue weighted by Crippen LogP contribution is -2.49. The topological polar surface area (TPSA) is 61.8 Å². The van der Waals surface area contributed by atoms with Crippen LogP contribution in [-0.2, 0) is 6.18 Å². The van der Waals surface area contributed by atoms with E-state index in [1.54, 1.807) is 34.1 Å². The molecule has 2 fully saturated rings. The molecule has 0 unspecified atom stereocenters. The quantitative estimate of drug-likeness (QED) is 0.567. The Kier molecular flexibility index (Phi) is 7.87. The van der Waals surface area contributed by atoms with Gasteiger partial charge in [-0.2, -0.15) is 13.2 Å². The van der Waals surface area contributed by atoms with Gasteiger partial charge in [-0.3, -0.25) is 4.79 Å². The summed E-state index contributed by atoms with van der Waals surface area (Å²) in [6, 6.07) is 7.97. The molecule has 34 heavy (non-hydrogen) atoms. The van der Waals surface area contributed by atoms with E-state index in [4.69, 9.17) is 4.74 Å². The predicted octanol–water partition coefficient (Wildman–Crippen LogP) is 3.71. The number of amides is 1. The SMILES string of the molecule is O=C(c1ccc(OCCCN2CCCCC2)cc1)N1CCN(c2nccc(C(F)(F)F)n2)CC1. The van der Waals surface area contributed by atoms with E-state index in [1.165, 1.54) is 32.4 Å². The van der Waals surface area contributed by atoms with E-state index in [0.717, 1.165) is 31.0 Å². The van der Waals surface area contributed by atoms with Crippen LogP contribution in [0.4, 0.5) is 19.1 Å². The maximum atomic E-state index is 12.9. The molecule has 1 aromatic carbocycles. The van der Waals surface area contributed by atoms with Crippen LogP contribution in [0, 0.1) is 0 Å². The number of piperazine rings is 1.